The Morgan fingerprint density at radius 1 is 1.41 bits per heavy atom. The lowest BCUT2D eigenvalue weighted by atomic mass is 10.1. The molecule has 0 radical (unpaired) electrons. The molecular weight excluding hydrogens is 232 g/mol. The number of hydrogen-bond donors (Lipinski definition) is 2. The molecule has 1 aromatic carbocycles. The molecule has 0 aromatic heterocycles. The second-order valence-electron chi connectivity index (χ2n) is 3.80. The van der Waals surface area contributed by atoms with Gasteiger partial charge in [0.05, 0.1) is 17.7 Å². The van der Waals surface area contributed by atoms with E-state index in [-0.39, 0.29) is 0 Å². The van der Waals surface area contributed by atoms with Crippen LogP contribution in [0.5, 0.6) is 0 Å². The van der Waals surface area contributed by atoms with Gasteiger partial charge in [-0.1, -0.05) is 12.1 Å². The fourth-order valence-corrected chi connectivity index (χ4v) is 1.91. The molecule has 0 aliphatic rings. The van der Waals surface area contributed by atoms with E-state index < -0.39 is 6.10 Å². The van der Waals surface area contributed by atoms with E-state index in [0.717, 1.165) is 24.3 Å². The van der Waals surface area contributed by atoms with Gasteiger partial charge in [0.2, 0.25) is 0 Å². The molecule has 1 unspecified atom stereocenters. The van der Waals surface area contributed by atoms with Crippen LogP contribution in [0.1, 0.15) is 23.7 Å². The lowest BCUT2D eigenvalue weighted by Gasteiger charge is -2.12. The quantitative estimate of drug-likeness (QED) is 0.726. The third-order valence-electron chi connectivity index (χ3n) is 2.46. The number of aliphatic hydroxyl groups excluding tert-OH is 1. The van der Waals surface area contributed by atoms with E-state index in [1.165, 1.54) is 0 Å². The van der Waals surface area contributed by atoms with Crippen molar-refractivity contribution < 1.29 is 5.11 Å². The standard InChI is InChI=1S/C13H18N2OS/c1-17-8-2-7-15-10-13(16)12-5-3-11(9-14)4-6-12/h3-6,13,15-16H,2,7-8,10H2,1H3. The molecule has 0 bridgehead atoms. The van der Waals surface area contributed by atoms with Gasteiger partial charge in [0, 0.05) is 6.54 Å². The summed E-state index contributed by atoms with van der Waals surface area (Å²) < 4.78 is 0. The number of benzene rings is 1. The Labute approximate surface area is 107 Å². The topological polar surface area (TPSA) is 56.0 Å². The van der Waals surface area contributed by atoms with E-state index in [1.54, 1.807) is 24.3 Å². The summed E-state index contributed by atoms with van der Waals surface area (Å²) in [6.45, 7) is 1.48. The van der Waals surface area contributed by atoms with Crippen LogP contribution in [0.3, 0.4) is 0 Å². The van der Waals surface area contributed by atoms with Crippen LogP contribution in [0.4, 0.5) is 0 Å². The Hall–Kier alpha value is -1.02. The van der Waals surface area contributed by atoms with Gasteiger partial charge in [-0.15, -0.1) is 0 Å². The highest BCUT2D eigenvalue weighted by atomic mass is 32.2. The smallest absolute Gasteiger partial charge is 0.0991 e. The number of nitrogens with zero attached hydrogens (tertiary/aromatic N) is 1. The van der Waals surface area contributed by atoms with Crippen molar-refractivity contribution in [2.24, 2.45) is 0 Å². The minimum atomic E-state index is -0.503. The summed E-state index contributed by atoms with van der Waals surface area (Å²) in [5.74, 6) is 1.14. The maximum atomic E-state index is 9.89. The van der Waals surface area contributed by atoms with Gasteiger partial charge in [-0.3, -0.25) is 0 Å². The summed E-state index contributed by atoms with van der Waals surface area (Å²) in [5.41, 5.74) is 1.47. The van der Waals surface area contributed by atoms with Crippen LogP contribution >= 0.6 is 11.8 Å². The second-order valence-corrected chi connectivity index (χ2v) is 4.79. The number of nitrogens with one attached hydrogen (secondary N) is 1. The number of rotatable bonds is 7. The zero-order valence-corrected chi connectivity index (χ0v) is 10.8. The minimum Gasteiger partial charge on any atom is -0.387 e. The van der Waals surface area contributed by atoms with Gasteiger partial charge in [0.25, 0.3) is 0 Å². The van der Waals surface area contributed by atoms with Crippen LogP contribution in [-0.4, -0.2) is 30.2 Å². The predicted octanol–water partition coefficient (Wildman–Crippen LogP) is 1.93. The van der Waals surface area contributed by atoms with Crippen molar-refractivity contribution in [1.29, 1.82) is 5.26 Å². The molecule has 1 rings (SSSR count). The van der Waals surface area contributed by atoms with Gasteiger partial charge < -0.3 is 10.4 Å². The lowest BCUT2D eigenvalue weighted by Crippen LogP contribution is -2.22. The summed E-state index contributed by atoms with van der Waals surface area (Å²) in [5, 5.41) is 21.8. The number of hydrogen-bond acceptors (Lipinski definition) is 4. The first-order chi connectivity index (χ1) is 8.27. The van der Waals surface area contributed by atoms with E-state index in [1.807, 2.05) is 11.8 Å². The minimum absolute atomic E-state index is 0.503. The molecule has 4 heteroatoms. The highest BCUT2D eigenvalue weighted by Gasteiger charge is 2.06. The first kappa shape index (κ1) is 14.0. The number of thioether (sulfide) groups is 1. The summed E-state index contributed by atoms with van der Waals surface area (Å²) in [6, 6.07) is 9.11. The molecule has 0 aliphatic carbocycles. The van der Waals surface area contributed by atoms with E-state index in [4.69, 9.17) is 5.26 Å². The average Bonchev–Trinajstić information content (AvgIpc) is 2.38. The zero-order valence-electron chi connectivity index (χ0n) is 10.0. The van der Waals surface area contributed by atoms with Crippen molar-refractivity contribution >= 4 is 11.8 Å². The lowest BCUT2D eigenvalue weighted by molar-refractivity contribution is 0.175. The molecule has 0 spiro atoms. The molecule has 0 saturated heterocycles. The molecule has 0 heterocycles. The monoisotopic (exact) mass is 250 g/mol. The molecule has 2 N–H and O–H groups in total. The van der Waals surface area contributed by atoms with Crippen LogP contribution in [0, 0.1) is 11.3 Å². The van der Waals surface area contributed by atoms with Crippen LogP contribution in [0.25, 0.3) is 0 Å². The van der Waals surface area contributed by atoms with E-state index in [2.05, 4.69) is 17.6 Å². The zero-order chi connectivity index (χ0) is 12.5. The SMILES string of the molecule is CSCCCNCC(O)c1ccc(C#N)cc1. The highest BCUT2D eigenvalue weighted by Crippen LogP contribution is 2.12. The first-order valence-electron chi connectivity index (χ1n) is 5.65. The normalized spacial score (nSPS) is 12.1. The van der Waals surface area contributed by atoms with Crippen LogP contribution in [0.15, 0.2) is 24.3 Å². The summed E-state index contributed by atoms with van der Waals surface area (Å²) in [6.07, 6.45) is 2.70. The van der Waals surface area contributed by atoms with E-state index in [0.29, 0.717) is 12.1 Å². The van der Waals surface area contributed by atoms with Crippen molar-refractivity contribution in [2.45, 2.75) is 12.5 Å². The first-order valence-corrected chi connectivity index (χ1v) is 7.05. The summed E-state index contributed by atoms with van der Waals surface area (Å²) in [4.78, 5) is 0. The fourth-order valence-electron chi connectivity index (χ4n) is 1.48. The number of nitriles is 1. The van der Waals surface area contributed by atoms with Crippen molar-refractivity contribution in [1.82, 2.24) is 5.32 Å². The van der Waals surface area contributed by atoms with Crippen LogP contribution in [0.2, 0.25) is 0 Å². The Bertz CT molecular complexity index is 359. The third kappa shape index (κ3) is 5.22. The molecule has 0 amide bonds. The largest absolute Gasteiger partial charge is 0.387 e. The molecule has 1 atom stereocenters. The highest BCUT2D eigenvalue weighted by molar-refractivity contribution is 7.98. The van der Waals surface area contributed by atoms with Crippen LogP contribution < -0.4 is 5.32 Å². The Morgan fingerprint density at radius 2 is 2.12 bits per heavy atom. The molecule has 3 nitrogen and oxygen atoms in total. The molecule has 1 aromatic rings. The average molecular weight is 250 g/mol. The molecule has 92 valence electrons. The summed E-state index contributed by atoms with van der Waals surface area (Å²) in [7, 11) is 0. The van der Waals surface area contributed by atoms with E-state index in [9.17, 15) is 5.11 Å². The number of aliphatic hydroxyl groups is 1. The van der Waals surface area contributed by atoms with Gasteiger partial charge in [-0.05, 0) is 42.7 Å². The van der Waals surface area contributed by atoms with Crippen molar-refractivity contribution in [3.63, 3.8) is 0 Å². The second kappa shape index (κ2) is 8.13. The Kier molecular flexibility index (Phi) is 6.71. The summed E-state index contributed by atoms with van der Waals surface area (Å²) >= 11 is 1.83. The molecule has 0 fully saturated rings. The van der Waals surface area contributed by atoms with Crippen molar-refractivity contribution in [2.75, 3.05) is 25.1 Å². The maximum absolute atomic E-state index is 9.89. The van der Waals surface area contributed by atoms with Gasteiger partial charge in [-0.25, -0.2) is 0 Å². The fraction of sp³-hybridized carbons (Fsp3) is 0.462. The predicted molar refractivity (Wildman–Crippen MR) is 72.0 cm³/mol. The van der Waals surface area contributed by atoms with Gasteiger partial charge in [0.15, 0.2) is 0 Å². The van der Waals surface area contributed by atoms with Crippen molar-refractivity contribution in [3.05, 3.63) is 35.4 Å². The maximum Gasteiger partial charge on any atom is 0.0991 e. The Balaban J connectivity index is 2.31. The molecular formula is C13H18N2OS. The van der Waals surface area contributed by atoms with Gasteiger partial charge >= 0.3 is 0 Å². The van der Waals surface area contributed by atoms with Crippen LogP contribution in [-0.2, 0) is 0 Å². The van der Waals surface area contributed by atoms with Gasteiger partial charge in [-0.2, -0.15) is 17.0 Å². The van der Waals surface area contributed by atoms with E-state index >= 15 is 0 Å². The molecule has 17 heavy (non-hydrogen) atoms. The third-order valence-corrected chi connectivity index (χ3v) is 3.16. The van der Waals surface area contributed by atoms with Gasteiger partial charge in [0.1, 0.15) is 0 Å². The molecule has 0 aliphatic heterocycles. The van der Waals surface area contributed by atoms with Crippen molar-refractivity contribution in [3.8, 4) is 6.07 Å². The Morgan fingerprint density at radius 3 is 2.71 bits per heavy atom. The molecule has 0 saturated carbocycles.